The number of halogens is 1. The summed E-state index contributed by atoms with van der Waals surface area (Å²) in [5.74, 6) is 0. The maximum absolute atomic E-state index is 12.6. The van der Waals surface area contributed by atoms with Crippen molar-refractivity contribution in [2.45, 2.75) is 19.0 Å². The van der Waals surface area contributed by atoms with Gasteiger partial charge in [0.15, 0.2) is 0 Å². The van der Waals surface area contributed by atoms with Crippen molar-refractivity contribution in [2.75, 3.05) is 11.9 Å². The molecule has 8 heteroatoms. The van der Waals surface area contributed by atoms with E-state index in [4.69, 9.17) is 11.6 Å². The van der Waals surface area contributed by atoms with Crippen LogP contribution in [0.15, 0.2) is 35.3 Å². The minimum atomic E-state index is -0.0319. The lowest BCUT2D eigenvalue weighted by molar-refractivity contribution is 0.330. The van der Waals surface area contributed by atoms with E-state index in [-0.39, 0.29) is 10.8 Å². The summed E-state index contributed by atoms with van der Waals surface area (Å²) in [5.41, 5.74) is 3.34. The van der Waals surface area contributed by atoms with Crippen molar-refractivity contribution in [3.05, 3.63) is 51.7 Å². The molecule has 4 rings (SSSR count). The van der Waals surface area contributed by atoms with E-state index >= 15 is 0 Å². The van der Waals surface area contributed by atoms with Gasteiger partial charge in [-0.25, -0.2) is 9.78 Å². The molecule has 0 bridgehead atoms. The highest BCUT2D eigenvalue weighted by Crippen LogP contribution is 2.26. The molecule has 1 saturated heterocycles. The van der Waals surface area contributed by atoms with Crippen LogP contribution in [0.1, 0.15) is 12.0 Å². The lowest BCUT2D eigenvalue weighted by atomic mass is 10.1. The molecule has 0 spiro atoms. The quantitative estimate of drug-likeness (QED) is 0.690. The number of rotatable bonds is 4. The van der Waals surface area contributed by atoms with Gasteiger partial charge in [0.2, 0.25) is 0 Å². The molecule has 1 aromatic carbocycles. The van der Waals surface area contributed by atoms with Gasteiger partial charge >= 0.3 is 5.69 Å². The summed E-state index contributed by atoms with van der Waals surface area (Å²) >= 11 is 5.99. The van der Waals surface area contributed by atoms with Crippen LogP contribution in [-0.2, 0) is 13.6 Å². The molecule has 26 heavy (non-hydrogen) atoms. The number of imidazole rings is 1. The molecule has 0 aliphatic carbocycles. The summed E-state index contributed by atoms with van der Waals surface area (Å²) in [6.45, 7) is 1.64. The third-order valence-corrected chi connectivity index (χ3v) is 5.06. The first-order chi connectivity index (χ1) is 12.6. The van der Waals surface area contributed by atoms with E-state index in [9.17, 15) is 10.1 Å². The average Bonchev–Trinajstić information content (AvgIpc) is 2.82. The summed E-state index contributed by atoms with van der Waals surface area (Å²) in [5, 5.41) is 16.0. The Bertz CT molecular complexity index is 1090. The van der Waals surface area contributed by atoms with E-state index in [0.29, 0.717) is 23.8 Å². The Hall–Kier alpha value is -2.82. The van der Waals surface area contributed by atoms with E-state index in [2.05, 4.69) is 21.7 Å². The number of nitrogens with zero attached hydrogens (tertiary/aromatic N) is 4. The van der Waals surface area contributed by atoms with Crippen molar-refractivity contribution in [3.63, 3.8) is 0 Å². The Kier molecular flexibility index (Phi) is 4.15. The molecule has 1 atom stereocenters. The fraction of sp³-hybridized carbons (Fsp3) is 0.278. The van der Waals surface area contributed by atoms with E-state index < -0.39 is 0 Å². The number of fused-ring (bicyclic) bond motifs is 1. The maximum Gasteiger partial charge on any atom is 0.328 e. The first-order valence-electron chi connectivity index (χ1n) is 8.33. The van der Waals surface area contributed by atoms with Gasteiger partial charge in [-0.05, 0) is 37.2 Å². The van der Waals surface area contributed by atoms with Crippen molar-refractivity contribution >= 4 is 34.0 Å². The Morgan fingerprint density at radius 2 is 2.23 bits per heavy atom. The highest BCUT2D eigenvalue weighted by Gasteiger charge is 2.20. The lowest BCUT2D eigenvalue weighted by Crippen LogP contribution is -2.47. The molecule has 2 aromatic heterocycles. The van der Waals surface area contributed by atoms with Crippen LogP contribution < -0.4 is 16.3 Å². The second kappa shape index (κ2) is 6.48. The smallest absolute Gasteiger partial charge is 0.328 e. The van der Waals surface area contributed by atoms with Crippen molar-refractivity contribution in [2.24, 2.45) is 7.05 Å². The number of nitrogens with one attached hydrogen (secondary N) is 2. The minimum Gasteiger partial charge on any atom is -0.354 e. The van der Waals surface area contributed by atoms with Crippen molar-refractivity contribution in [3.8, 4) is 6.07 Å². The zero-order valence-corrected chi connectivity index (χ0v) is 14.9. The van der Waals surface area contributed by atoms with Crippen LogP contribution in [0.2, 0.25) is 5.15 Å². The van der Waals surface area contributed by atoms with Crippen molar-refractivity contribution in [1.82, 2.24) is 19.4 Å². The van der Waals surface area contributed by atoms with Crippen molar-refractivity contribution in [1.29, 1.82) is 5.26 Å². The molecular weight excluding hydrogens is 352 g/mol. The second-order valence-electron chi connectivity index (χ2n) is 6.36. The predicted molar refractivity (Wildman–Crippen MR) is 101 cm³/mol. The topological polar surface area (TPSA) is 87.7 Å². The molecule has 1 unspecified atom stereocenters. The van der Waals surface area contributed by atoms with Crippen LogP contribution in [0.5, 0.6) is 0 Å². The van der Waals surface area contributed by atoms with Gasteiger partial charge in [0.1, 0.15) is 16.8 Å². The zero-order chi connectivity index (χ0) is 18.3. The highest BCUT2D eigenvalue weighted by molar-refractivity contribution is 6.31. The molecule has 1 aliphatic heterocycles. The van der Waals surface area contributed by atoms with Gasteiger partial charge in [-0.2, -0.15) is 5.26 Å². The van der Waals surface area contributed by atoms with Gasteiger partial charge in [0.25, 0.3) is 0 Å². The SMILES string of the molecule is Cn1c(=O)n(CC2CCN2)c2cc(Nc3ccnc(Cl)c3C#N)ccc21. The highest BCUT2D eigenvalue weighted by atomic mass is 35.5. The van der Waals surface area contributed by atoms with Crippen LogP contribution in [0.25, 0.3) is 11.0 Å². The Labute approximate surface area is 154 Å². The lowest BCUT2D eigenvalue weighted by Gasteiger charge is -2.27. The summed E-state index contributed by atoms with van der Waals surface area (Å²) in [6, 6.07) is 9.80. The first-order valence-corrected chi connectivity index (χ1v) is 8.70. The first kappa shape index (κ1) is 16.6. The molecular formula is C18H17ClN6O. The van der Waals surface area contributed by atoms with Crippen molar-refractivity contribution < 1.29 is 0 Å². The number of pyridine rings is 1. The number of anilines is 2. The molecule has 0 saturated carbocycles. The Morgan fingerprint density at radius 1 is 1.42 bits per heavy atom. The van der Waals surface area contributed by atoms with E-state index in [0.717, 1.165) is 29.7 Å². The van der Waals surface area contributed by atoms with Crippen LogP contribution in [-0.4, -0.2) is 26.7 Å². The number of hydrogen-bond donors (Lipinski definition) is 2. The Morgan fingerprint density at radius 3 is 2.92 bits per heavy atom. The molecule has 0 amide bonds. The van der Waals surface area contributed by atoms with Gasteiger partial charge in [0.05, 0.1) is 16.7 Å². The number of benzene rings is 1. The normalized spacial score (nSPS) is 16.3. The van der Waals surface area contributed by atoms with Gasteiger partial charge < -0.3 is 10.6 Å². The fourth-order valence-corrected chi connectivity index (χ4v) is 3.39. The molecule has 0 radical (unpaired) electrons. The Balaban J connectivity index is 1.76. The largest absolute Gasteiger partial charge is 0.354 e. The van der Waals surface area contributed by atoms with Gasteiger partial charge in [-0.15, -0.1) is 0 Å². The summed E-state index contributed by atoms with van der Waals surface area (Å²) in [4.78, 5) is 16.5. The standard InChI is InChI=1S/C18H17ClN6O/c1-24-15-3-2-11(23-14-5-7-22-17(19)13(14)9-20)8-16(15)25(18(24)26)10-12-4-6-21-12/h2-3,5,7-8,12,21H,4,6,10H2,1H3,(H,22,23). The van der Waals surface area contributed by atoms with E-state index in [1.165, 1.54) is 0 Å². The molecule has 3 heterocycles. The third kappa shape index (κ3) is 2.73. The third-order valence-electron chi connectivity index (χ3n) is 4.77. The molecule has 132 valence electrons. The van der Waals surface area contributed by atoms with Gasteiger partial charge in [-0.3, -0.25) is 9.13 Å². The molecule has 1 fully saturated rings. The number of aromatic nitrogens is 3. The second-order valence-corrected chi connectivity index (χ2v) is 6.71. The van der Waals surface area contributed by atoms with Gasteiger partial charge in [0, 0.05) is 31.5 Å². The van der Waals surface area contributed by atoms with E-state index in [1.54, 1.807) is 28.4 Å². The maximum atomic E-state index is 12.6. The number of hydrogen-bond acceptors (Lipinski definition) is 5. The van der Waals surface area contributed by atoms with Crippen LogP contribution in [0.4, 0.5) is 11.4 Å². The predicted octanol–water partition coefficient (Wildman–Crippen LogP) is 2.37. The average molecular weight is 369 g/mol. The summed E-state index contributed by atoms with van der Waals surface area (Å²) in [7, 11) is 1.78. The molecule has 2 N–H and O–H groups in total. The van der Waals surface area contributed by atoms with Crippen LogP contribution in [0, 0.1) is 11.3 Å². The van der Waals surface area contributed by atoms with Crippen LogP contribution >= 0.6 is 11.6 Å². The number of aryl methyl sites for hydroxylation is 1. The number of nitriles is 1. The van der Waals surface area contributed by atoms with Gasteiger partial charge in [-0.1, -0.05) is 11.6 Å². The summed E-state index contributed by atoms with van der Waals surface area (Å²) in [6.07, 6.45) is 2.62. The van der Waals surface area contributed by atoms with Crippen LogP contribution in [0.3, 0.4) is 0 Å². The molecule has 7 nitrogen and oxygen atoms in total. The monoisotopic (exact) mass is 368 g/mol. The molecule has 3 aromatic rings. The fourth-order valence-electron chi connectivity index (χ4n) is 3.19. The summed E-state index contributed by atoms with van der Waals surface area (Å²) < 4.78 is 3.45. The zero-order valence-electron chi connectivity index (χ0n) is 14.2. The van der Waals surface area contributed by atoms with E-state index in [1.807, 2.05) is 18.2 Å². The minimum absolute atomic E-state index is 0.0319. The molecule has 1 aliphatic rings.